The first-order valence-corrected chi connectivity index (χ1v) is 9.60. The van der Waals surface area contributed by atoms with E-state index in [0.717, 1.165) is 29.5 Å². The van der Waals surface area contributed by atoms with Crippen LogP contribution in [0.4, 0.5) is 19.3 Å². The number of amides is 1. The highest BCUT2D eigenvalue weighted by Gasteiger charge is 2.30. The van der Waals surface area contributed by atoms with Gasteiger partial charge in [-0.05, 0) is 67.0 Å². The van der Waals surface area contributed by atoms with Gasteiger partial charge in [-0.2, -0.15) is 5.06 Å². The molecule has 2 aromatic carbocycles. The van der Waals surface area contributed by atoms with Gasteiger partial charge in [-0.25, -0.2) is 13.6 Å². The maximum absolute atomic E-state index is 13.6. The average Bonchev–Trinajstić information content (AvgIpc) is 3.55. The van der Waals surface area contributed by atoms with Crippen LogP contribution in [0, 0.1) is 6.92 Å². The van der Waals surface area contributed by atoms with Gasteiger partial charge < -0.3 is 9.47 Å². The number of ether oxygens (including phenoxy) is 2. The fraction of sp³-hybridized carbons (Fsp3) is 0.409. The Kier molecular flexibility index (Phi) is 6.37. The Balaban J connectivity index is 1.96. The number of hydroxylamine groups is 1. The number of hydrogen-bond acceptors (Lipinski definition) is 4. The standard InChI is InChI=1S/C22H25F2NO4/c1-4-14-11-17(21(23)24)20(10-13(14)2)29-12-18-16(15-8-9-15)6-5-7-19(18)25(27)22(26)28-3/h5-7,10-11,15,21,27H,4,8-9,12H2,1-3H3. The molecule has 0 aromatic heterocycles. The summed E-state index contributed by atoms with van der Waals surface area (Å²) < 4.78 is 37.6. The van der Waals surface area contributed by atoms with Crippen molar-refractivity contribution in [3.05, 3.63) is 58.1 Å². The van der Waals surface area contributed by atoms with Gasteiger partial charge in [0.2, 0.25) is 0 Å². The molecule has 29 heavy (non-hydrogen) atoms. The molecule has 5 nitrogen and oxygen atoms in total. The predicted molar refractivity (Wildman–Crippen MR) is 105 cm³/mol. The summed E-state index contributed by atoms with van der Waals surface area (Å²) >= 11 is 0. The SMILES string of the molecule is CCc1cc(C(F)F)c(OCc2c(C3CC3)cccc2N(O)C(=O)OC)cc1C. The van der Waals surface area contributed by atoms with Crippen LogP contribution in [0.15, 0.2) is 30.3 Å². The lowest BCUT2D eigenvalue weighted by Crippen LogP contribution is -2.28. The predicted octanol–water partition coefficient (Wildman–Crippen LogP) is 5.91. The van der Waals surface area contributed by atoms with Crippen molar-refractivity contribution in [2.45, 2.75) is 52.1 Å². The lowest BCUT2D eigenvalue weighted by atomic mass is 10.0. The molecular weight excluding hydrogens is 380 g/mol. The summed E-state index contributed by atoms with van der Waals surface area (Å²) in [5.74, 6) is 0.409. The van der Waals surface area contributed by atoms with Gasteiger partial charge in [-0.15, -0.1) is 0 Å². The second-order valence-corrected chi connectivity index (χ2v) is 7.16. The minimum Gasteiger partial charge on any atom is -0.488 e. The second-order valence-electron chi connectivity index (χ2n) is 7.16. The van der Waals surface area contributed by atoms with Crippen molar-refractivity contribution in [2.24, 2.45) is 0 Å². The molecule has 1 amide bonds. The van der Waals surface area contributed by atoms with Gasteiger partial charge in [-0.1, -0.05) is 19.1 Å². The highest BCUT2D eigenvalue weighted by atomic mass is 19.3. The van der Waals surface area contributed by atoms with E-state index in [-0.39, 0.29) is 23.6 Å². The Morgan fingerprint density at radius 3 is 2.62 bits per heavy atom. The average molecular weight is 405 g/mol. The van der Waals surface area contributed by atoms with Crippen LogP contribution in [0.1, 0.15) is 59.9 Å². The molecule has 0 radical (unpaired) electrons. The number of methoxy groups -OCH3 is 1. The molecule has 0 bridgehead atoms. The molecule has 0 atom stereocenters. The monoisotopic (exact) mass is 405 g/mol. The van der Waals surface area contributed by atoms with Gasteiger partial charge in [0, 0.05) is 5.56 Å². The van der Waals surface area contributed by atoms with Gasteiger partial charge in [0.25, 0.3) is 6.43 Å². The van der Waals surface area contributed by atoms with Crippen molar-refractivity contribution in [1.82, 2.24) is 0 Å². The molecule has 3 rings (SSSR count). The number of carbonyl (C=O) groups is 1. The first kappa shape index (κ1) is 21.0. The van der Waals surface area contributed by atoms with E-state index < -0.39 is 12.5 Å². The van der Waals surface area contributed by atoms with E-state index in [4.69, 9.17) is 4.74 Å². The Morgan fingerprint density at radius 2 is 2.03 bits per heavy atom. The van der Waals surface area contributed by atoms with Gasteiger partial charge in [0.05, 0.1) is 18.4 Å². The number of halogens is 2. The van der Waals surface area contributed by atoms with Crippen molar-refractivity contribution in [1.29, 1.82) is 0 Å². The topological polar surface area (TPSA) is 59.0 Å². The van der Waals surface area contributed by atoms with E-state index >= 15 is 0 Å². The summed E-state index contributed by atoms with van der Waals surface area (Å²) in [6.45, 7) is 3.72. The molecule has 156 valence electrons. The van der Waals surface area contributed by atoms with Crippen LogP contribution in [-0.2, 0) is 17.8 Å². The summed E-state index contributed by atoms with van der Waals surface area (Å²) in [6, 6.07) is 8.32. The third-order valence-corrected chi connectivity index (χ3v) is 5.24. The molecule has 0 heterocycles. The van der Waals surface area contributed by atoms with E-state index in [0.29, 0.717) is 23.0 Å². The molecule has 0 saturated heterocycles. The van der Waals surface area contributed by atoms with Gasteiger partial charge in [0.15, 0.2) is 0 Å². The molecule has 1 N–H and O–H groups in total. The minimum absolute atomic E-state index is 0.0549. The number of hydrogen-bond donors (Lipinski definition) is 1. The van der Waals surface area contributed by atoms with Crippen molar-refractivity contribution in [3.8, 4) is 5.75 Å². The minimum atomic E-state index is -2.67. The fourth-order valence-electron chi connectivity index (χ4n) is 3.48. The molecule has 1 aliphatic carbocycles. The molecule has 7 heteroatoms. The maximum Gasteiger partial charge on any atom is 0.438 e. The summed E-state index contributed by atoms with van der Waals surface area (Å²) in [5.41, 5.74) is 3.31. The van der Waals surface area contributed by atoms with Crippen molar-refractivity contribution < 1.29 is 28.3 Å². The van der Waals surface area contributed by atoms with Crippen LogP contribution in [0.3, 0.4) is 0 Å². The molecule has 0 aliphatic heterocycles. The van der Waals surface area contributed by atoms with Crippen LogP contribution in [0.5, 0.6) is 5.75 Å². The van der Waals surface area contributed by atoms with Crippen LogP contribution in [0.25, 0.3) is 0 Å². The summed E-state index contributed by atoms with van der Waals surface area (Å²) in [7, 11) is 1.17. The number of benzene rings is 2. The van der Waals surface area contributed by atoms with E-state index in [1.807, 2.05) is 19.9 Å². The van der Waals surface area contributed by atoms with Crippen molar-refractivity contribution >= 4 is 11.8 Å². The van der Waals surface area contributed by atoms with E-state index in [1.165, 1.54) is 13.2 Å². The molecule has 2 aromatic rings. The Bertz CT molecular complexity index is 897. The number of alkyl halides is 2. The number of aryl methyl sites for hydroxylation is 2. The van der Waals surface area contributed by atoms with E-state index in [9.17, 15) is 18.8 Å². The molecule has 1 aliphatic rings. The van der Waals surface area contributed by atoms with Crippen LogP contribution >= 0.6 is 0 Å². The highest BCUT2D eigenvalue weighted by molar-refractivity contribution is 5.86. The van der Waals surface area contributed by atoms with Crippen molar-refractivity contribution in [3.63, 3.8) is 0 Å². The molecule has 1 fully saturated rings. The van der Waals surface area contributed by atoms with Gasteiger partial charge >= 0.3 is 6.09 Å². The number of carbonyl (C=O) groups excluding carboxylic acids is 1. The molecule has 0 spiro atoms. The number of rotatable bonds is 7. The zero-order valence-electron chi connectivity index (χ0n) is 16.7. The summed E-state index contributed by atoms with van der Waals surface area (Å²) in [6.07, 6.45) is -0.965. The molecular formula is C22H25F2NO4. The number of anilines is 1. The van der Waals surface area contributed by atoms with Crippen molar-refractivity contribution in [2.75, 3.05) is 12.2 Å². The first-order valence-electron chi connectivity index (χ1n) is 9.60. The maximum atomic E-state index is 13.6. The zero-order valence-corrected chi connectivity index (χ0v) is 16.7. The largest absolute Gasteiger partial charge is 0.488 e. The fourth-order valence-corrected chi connectivity index (χ4v) is 3.48. The van der Waals surface area contributed by atoms with Crippen LogP contribution in [-0.4, -0.2) is 18.4 Å². The Labute approximate surface area is 168 Å². The Morgan fingerprint density at radius 1 is 1.31 bits per heavy atom. The third-order valence-electron chi connectivity index (χ3n) is 5.24. The quantitative estimate of drug-likeness (QED) is 0.459. The molecule has 1 saturated carbocycles. The van der Waals surface area contributed by atoms with Gasteiger partial charge in [-0.3, -0.25) is 5.21 Å². The Hall–Kier alpha value is -2.67. The lowest BCUT2D eigenvalue weighted by molar-refractivity contribution is 0.140. The zero-order chi connectivity index (χ0) is 21.1. The lowest BCUT2D eigenvalue weighted by Gasteiger charge is -2.21. The van der Waals surface area contributed by atoms with Crippen LogP contribution < -0.4 is 9.80 Å². The number of nitrogens with zero attached hydrogens (tertiary/aromatic N) is 1. The van der Waals surface area contributed by atoms with E-state index in [1.54, 1.807) is 18.2 Å². The summed E-state index contributed by atoms with van der Waals surface area (Å²) in [4.78, 5) is 11.8. The van der Waals surface area contributed by atoms with E-state index in [2.05, 4.69) is 4.74 Å². The highest BCUT2D eigenvalue weighted by Crippen LogP contribution is 2.44. The third kappa shape index (κ3) is 4.50. The van der Waals surface area contributed by atoms with Gasteiger partial charge in [0.1, 0.15) is 12.4 Å². The summed E-state index contributed by atoms with van der Waals surface area (Å²) in [5, 5.41) is 10.7. The van der Waals surface area contributed by atoms with Crippen LogP contribution in [0.2, 0.25) is 0 Å². The normalized spacial score (nSPS) is 13.5. The second kappa shape index (κ2) is 8.78. The smallest absolute Gasteiger partial charge is 0.438 e. The molecule has 0 unspecified atom stereocenters. The first-order chi connectivity index (χ1) is 13.9.